The molecule has 1 heterocycles. The van der Waals surface area contributed by atoms with Gasteiger partial charge in [-0.05, 0) is 0 Å². The molecule has 0 aliphatic carbocycles. The smallest absolute Gasteiger partial charge is 0.341 e. The minimum Gasteiger partial charge on any atom is -0.495 e. The van der Waals surface area contributed by atoms with Gasteiger partial charge in [-0.2, -0.15) is 0 Å². The molecule has 0 aliphatic rings. The Hall–Kier alpha value is -1.78. The predicted molar refractivity (Wildman–Crippen MR) is 43.9 cm³/mol. The molecule has 0 atom stereocenters. The van der Waals surface area contributed by atoms with Crippen molar-refractivity contribution >= 4 is 5.97 Å². The molecule has 0 unspecified atom stereocenters. The molecule has 1 N–H and O–H groups in total. The van der Waals surface area contributed by atoms with Gasteiger partial charge in [-0.15, -0.1) is 0 Å². The summed E-state index contributed by atoms with van der Waals surface area (Å²) in [4.78, 5) is 13.9. The Bertz CT molecular complexity index is 300. The third kappa shape index (κ3) is 2.98. The van der Waals surface area contributed by atoms with Gasteiger partial charge in [0.25, 0.3) is 0 Å². The normalized spacial score (nSPS) is 9.31. The molecule has 1 aromatic heterocycles. The summed E-state index contributed by atoms with van der Waals surface area (Å²) in [7, 11) is 1.50. The number of carbonyl (C=O) groups is 1. The summed E-state index contributed by atoms with van der Waals surface area (Å²) in [6.45, 7) is -0.380. The summed E-state index contributed by atoms with van der Waals surface area (Å²) in [6, 6.07) is 1.57. The lowest BCUT2D eigenvalue weighted by Crippen LogP contribution is -2.09. The van der Waals surface area contributed by atoms with E-state index in [0.29, 0.717) is 11.5 Å². The van der Waals surface area contributed by atoms with Gasteiger partial charge >= 0.3 is 5.97 Å². The van der Waals surface area contributed by atoms with Crippen molar-refractivity contribution in [2.75, 3.05) is 13.7 Å². The molecule has 5 nitrogen and oxygen atoms in total. The summed E-state index contributed by atoms with van der Waals surface area (Å²) in [5, 5.41) is 8.32. The van der Waals surface area contributed by atoms with Crippen molar-refractivity contribution in [3.8, 4) is 11.5 Å². The third-order valence-electron chi connectivity index (χ3n) is 1.29. The molecule has 0 radical (unpaired) electrons. The Morgan fingerprint density at radius 2 is 2.23 bits per heavy atom. The highest BCUT2D eigenvalue weighted by molar-refractivity contribution is 5.68. The van der Waals surface area contributed by atoms with Crippen molar-refractivity contribution in [3.63, 3.8) is 0 Å². The molecule has 1 aromatic rings. The monoisotopic (exact) mass is 183 g/mol. The SMILES string of the molecule is COc1cncc(OCC(=O)O)c1. The molecular weight excluding hydrogens is 174 g/mol. The lowest BCUT2D eigenvalue weighted by Gasteiger charge is -2.03. The second-order valence-corrected chi connectivity index (χ2v) is 2.24. The number of hydrogen-bond acceptors (Lipinski definition) is 4. The first kappa shape index (κ1) is 9.31. The van der Waals surface area contributed by atoms with Crippen LogP contribution in [0.2, 0.25) is 0 Å². The molecule has 5 heteroatoms. The molecule has 13 heavy (non-hydrogen) atoms. The lowest BCUT2D eigenvalue weighted by atomic mass is 10.4. The Morgan fingerprint density at radius 1 is 1.54 bits per heavy atom. The highest BCUT2D eigenvalue weighted by Crippen LogP contribution is 2.16. The van der Waals surface area contributed by atoms with Crippen molar-refractivity contribution < 1.29 is 19.4 Å². The van der Waals surface area contributed by atoms with Crippen LogP contribution in [0.4, 0.5) is 0 Å². The Labute approximate surface area is 74.9 Å². The van der Waals surface area contributed by atoms with Gasteiger partial charge in [0.05, 0.1) is 19.5 Å². The van der Waals surface area contributed by atoms with Crippen molar-refractivity contribution in [1.29, 1.82) is 0 Å². The fourth-order valence-corrected chi connectivity index (χ4v) is 0.735. The molecule has 1 rings (SSSR count). The lowest BCUT2D eigenvalue weighted by molar-refractivity contribution is -0.139. The van der Waals surface area contributed by atoms with Crippen LogP contribution in [0.25, 0.3) is 0 Å². The summed E-state index contributed by atoms with van der Waals surface area (Å²) in [6.07, 6.45) is 2.93. The van der Waals surface area contributed by atoms with E-state index < -0.39 is 5.97 Å². The van der Waals surface area contributed by atoms with E-state index in [4.69, 9.17) is 14.6 Å². The van der Waals surface area contributed by atoms with E-state index in [9.17, 15) is 4.79 Å². The number of carboxylic acids is 1. The zero-order valence-electron chi connectivity index (χ0n) is 7.06. The number of ether oxygens (including phenoxy) is 2. The van der Waals surface area contributed by atoms with Crippen LogP contribution in [-0.4, -0.2) is 29.8 Å². The summed E-state index contributed by atoms with van der Waals surface area (Å²) in [5.41, 5.74) is 0. The average Bonchev–Trinajstić information content (AvgIpc) is 2.15. The van der Waals surface area contributed by atoms with Crippen LogP contribution in [0.1, 0.15) is 0 Å². The number of pyridine rings is 1. The Kier molecular flexibility index (Phi) is 3.08. The molecule has 0 saturated carbocycles. The van der Waals surface area contributed by atoms with E-state index in [1.54, 1.807) is 6.07 Å². The second kappa shape index (κ2) is 4.30. The first-order valence-electron chi connectivity index (χ1n) is 3.56. The standard InChI is InChI=1S/C8H9NO4/c1-12-6-2-7(4-9-3-6)13-5-8(10)11/h2-4H,5H2,1H3,(H,10,11). The first-order valence-corrected chi connectivity index (χ1v) is 3.56. The van der Waals surface area contributed by atoms with Gasteiger partial charge in [0.1, 0.15) is 11.5 Å². The van der Waals surface area contributed by atoms with Crippen LogP contribution in [0.15, 0.2) is 18.5 Å². The Morgan fingerprint density at radius 3 is 2.85 bits per heavy atom. The molecule has 0 fully saturated rings. The summed E-state index contributed by atoms with van der Waals surface area (Å²) >= 11 is 0. The first-order chi connectivity index (χ1) is 6.22. The quantitative estimate of drug-likeness (QED) is 0.738. The van der Waals surface area contributed by atoms with Crippen LogP contribution >= 0.6 is 0 Å². The summed E-state index contributed by atoms with van der Waals surface area (Å²) < 4.78 is 9.74. The van der Waals surface area contributed by atoms with Crippen molar-refractivity contribution in [1.82, 2.24) is 4.98 Å². The van der Waals surface area contributed by atoms with E-state index >= 15 is 0 Å². The number of aromatic nitrogens is 1. The largest absolute Gasteiger partial charge is 0.495 e. The van der Waals surface area contributed by atoms with Gasteiger partial charge in [0.15, 0.2) is 6.61 Å². The highest BCUT2D eigenvalue weighted by Gasteiger charge is 2.00. The van der Waals surface area contributed by atoms with Crippen molar-refractivity contribution in [2.24, 2.45) is 0 Å². The van der Waals surface area contributed by atoms with E-state index in [1.165, 1.54) is 19.5 Å². The number of methoxy groups -OCH3 is 1. The Balaban J connectivity index is 2.61. The number of hydrogen-bond donors (Lipinski definition) is 1. The van der Waals surface area contributed by atoms with Crippen LogP contribution in [0, 0.1) is 0 Å². The van der Waals surface area contributed by atoms with E-state index in [0.717, 1.165) is 0 Å². The molecule has 0 bridgehead atoms. The topological polar surface area (TPSA) is 68.7 Å². The number of carboxylic acid groups (broad SMARTS) is 1. The van der Waals surface area contributed by atoms with E-state index in [-0.39, 0.29) is 6.61 Å². The van der Waals surface area contributed by atoms with Gasteiger partial charge in [-0.25, -0.2) is 4.79 Å². The second-order valence-electron chi connectivity index (χ2n) is 2.24. The van der Waals surface area contributed by atoms with Crippen LogP contribution in [0.3, 0.4) is 0 Å². The minimum absolute atomic E-state index is 0.377. The van der Waals surface area contributed by atoms with Gasteiger partial charge in [0.2, 0.25) is 0 Å². The molecule has 0 aromatic carbocycles. The van der Waals surface area contributed by atoms with Crippen LogP contribution in [0.5, 0.6) is 11.5 Å². The number of aliphatic carboxylic acids is 1. The fraction of sp³-hybridized carbons (Fsp3) is 0.250. The van der Waals surface area contributed by atoms with E-state index in [2.05, 4.69) is 4.98 Å². The van der Waals surface area contributed by atoms with Gasteiger partial charge in [0, 0.05) is 6.07 Å². The molecule has 0 amide bonds. The maximum atomic E-state index is 10.2. The van der Waals surface area contributed by atoms with Crippen molar-refractivity contribution in [2.45, 2.75) is 0 Å². The third-order valence-corrected chi connectivity index (χ3v) is 1.29. The molecule has 0 aliphatic heterocycles. The minimum atomic E-state index is -1.03. The van der Waals surface area contributed by atoms with Crippen LogP contribution < -0.4 is 9.47 Å². The van der Waals surface area contributed by atoms with Gasteiger partial charge in [-0.3, -0.25) is 4.98 Å². The number of rotatable bonds is 4. The van der Waals surface area contributed by atoms with Gasteiger partial charge in [-0.1, -0.05) is 0 Å². The molecule has 70 valence electrons. The van der Waals surface area contributed by atoms with Crippen LogP contribution in [-0.2, 0) is 4.79 Å². The maximum Gasteiger partial charge on any atom is 0.341 e. The zero-order chi connectivity index (χ0) is 9.68. The molecular formula is C8H9NO4. The van der Waals surface area contributed by atoms with Crippen molar-refractivity contribution in [3.05, 3.63) is 18.5 Å². The summed E-state index contributed by atoms with van der Waals surface area (Å²) in [5.74, 6) is -0.118. The maximum absolute atomic E-state index is 10.2. The highest BCUT2D eigenvalue weighted by atomic mass is 16.5. The zero-order valence-corrected chi connectivity index (χ0v) is 7.06. The molecule has 0 spiro atoms. The van der Waals surface area contributed by atoms with E-state index in [1.807, 2.05) is 0 Å². The average molecular weight is 183 g/mol. The number of nitrogens with zero attached hydrogens (tertiary/aromatic N) is 1. The fourth-order valence-electron chi connectivity index (χ4n) is 0.735. The van der Waals surface area contributed by atoms with Gasteiger partial charge < -0.3 is 14.6 Å². The molecule has 0 saturated heterocycles. The predicted octanol–water partition coefficient (Wildman–Crippen LogP) is 0.554.